The third-order valence-electron chi connectivity index (χ3n) is 2.26. The molecule has 1 heterocycles. The van der Waals surface area contributed by atoms with Crippen molar-refractivity contribution >= 4 is 19.1 Å². The van der Waals surface area contributed by atoms with Crippen molar-refractivity contribution in [2.75, 3.05) is 20.1 Å². The van der Waals surface area contributed by atoms with Crippen molar-refractivity contribution in [2.24, 2.45) is 0 Å². The van der Waals surface area contributed by atoms with Crippen molar-refractivity contribution in [3.05, 3.63) is 24.2 Å². The number of nitrogens with zero attached hydrogens (tertiary/aromatic N) is 1. The van der Waals surface area contributed by atoms with Crippen LogP contribution in [-0.4, -0.2) is 44.1 Å². The van der Waals surface area contributed by atoms with Crippen molar-refractivity contribution in [3.8, 4) is 0 Å². The molecule has 0 spiro atoms. The summed E-state index contributed by atoms with van der Waals surface area (Å²) in [6.07, 6.45) is 7.61. The van der Waals surface area contributed by atoms with Gasteiger partial charge in [-0.05, 0) is 19.4 Å². The maximum absolute atomic E-state index is 11.4. The average Bonchev–Trinajstić information content (AvgIpc) is 2.26. The lowest BCUT2D eigenvalue weighted by atomic mass is 9.89. The summed E-state index contributed by atoms with van der Waals surface area (Å²) in [6.45, 7) is 2.26. The van der Waals surface area contributed by atoms with Gasteiger partial charge in [-0.1, -0.05) is 31.6 Å². The molecule has 1 rings (SSSR count). The van der Waals surface area contributed by atoms with Crippen molar-refractivity contribution < 1.29 is 18.9 Å². The number of allylic oxidation sites excluding steroid dienone is 3. The summed E-state index contributed by atoms with van der Waals surface area (Å²) in [4.78, 5) is 24.3. The molecule has 0 aromatic carbocycles. The summed E-state index contributed by atoms with van der Waals surface area (Å²) in [5.74, 6) is 0.738. The first kappa shape index (κ1) is 14.5. The third-order valence-corrected chi connectivity index (χ3v) is 2.26. The number of likely N-dealkylation sites (N-methyl/N-ethyl adjacent to an activating group) is 1. The number of unbranched alkanes of at least 4 members (excludes halogenated alkanes) is 1. The molecule has 0 radical (unpaired) electrons. The molecule has 6 heteroatoms. The van der Waals surface area contributed by atoms with Gasteiger partial charge in [0.05, 0.1) is 13.1 Å². The Balaban J connectivity index is 2.52. The van der Waals surface area contributed by atoms with Crippen molar-refractivity contribution in [3.63, 3.8) is 0 Å². The van der Waals surface area contributed by atoms with E-state index in [4.69, 9.17) is 9.31 Å². The molecular formula is C12H18BNO4. The zero-order valence-corrected chi connectivity index (χ0v) is 10.8. The lowest BCUT2D eigenvalue weighted by Crippen LogP contribution is -2.41. The fraction of sp³-hybridized carbons (Fsp3) is 0.500. The molecule has 0 saturated carbocycles. The summed E-state index contributed by atoms with van der Waals surface area (Å²) in [7, 11) is 0.733. The van der Waals surface area contributed by atoms with E-state index < -0.39 is 19.1 Å². The van der Waals surface area contributed by atoms with Gasteiger partial charge in [0.15, 0.2) is 0 Å². The Morgan fingerprint density at radius 3 is 2.39 bits per heavy atom. The van der Waals surface area contributed by atoms with Crippen molar-refractivity contribution in [2.45, 2.75) is 19.8 Å². The lowest BCUT2D eigenvalue weighted by molar-refractivity contribution is -0.145. The molecule has 0 aliphatic carbocycles. The zero-order valence-electron chi connectivity index (χ0n) is 10.8. The Kier molecular flexibility index (Phi) is 6.21. The second-order valence-electron chi connectivity index (χ2n) is 4.12. The molecule has 0 unspecified atom stereocenters. The minimum Gasteiger partial charge on any atom is -0.495 e. The maximum Gasteiger partial charge on any atom is 0.628 e. The van der Waals surface area contributed by atoms with Gasteiger partial charge in [-0.2, -0.15) is 0 Å². The zero-order chi connectivity index (χ0) is 13.4. The van der Waals surface area contributed by atoms with Crippen LogP contribution in [0.2, 0.25) is 0 Å². The van der Waals surface area contributed by atoms with E-state index in [9.17, 15) is 9.59 Å². The monoisotopic (exact) mass is 251 g/mol. The van der Waals surface area contributed by atoms with Crippen LogP contribution in [-0.2, 0) is 18.9 Å². The molecule has 0 N–H and O–H groups in total. The average molecular weight is 251 g/mol. The summed E-state index contributed by atoms with van der Waals surface area (Å²) in [5, 5.41) is 0. The molecule has 98 valence electrons. The highest BCUT2D eigenvalue weighted by Crippen LogP contribution is 2.01. The molecule has 1 aliphatic heterocycles. The highest BCUT2D eigenvalue weighted by atomic mass is 16.6. The molecule has 0 aromatic heterocycles. The molecule has 0 bridgehead atoms. The van der Waals surface area contributed by atoms with E-state index in [0.717, 1.165) is 12.8 Å². The number of rotatable bonds is 4. The summed E-state index contributed by atoms with van der Waals surface area (Å²) >= 11 is 0. The van der Waals surface area contributed by atoms with Gasteiger partial charge in [0, 0.05) is 0 Å². The summed E-state index contributed by atoms with van der Waals surface area (Å²) < 4.78 is 9.99. The normalized spacial score (nSPS) is 18.9. The minimum atomic E-state index is -0.926. The fourth-order valence-corrected chi connectivity index (χ4v) is 1.43. The van der Waals surface area contributed by atoms with Crippen LogP contribution in [0, 0.1) is 0 Å². The van der Waals surface area contributed by atoms with Gasteiger partial charge in [-0.15, -0.1) is 0 Å². The Bertz CT molecular complexity index is 334. The minimum absolute atomic E-state index is 0.0884. The summed E-state index contributed by atoms with van der Waals surface area (Å²) in [5.41, 5.74) is 0. The van der Waals surface area contributed by atoms with E-state index in [1.165, 1.54) is 0 Å². The van der Waals surface area contributed by atoms with Crippen molar-refractivity contribution in [1.29, 1.82) is 0 Å². The van der Waals surface area contributed by atoms with Gasteiger partial charge in [0.2, 0.25) is 0 Å². The highest BCUT2D eigenvalue weighted by molar-refractivity contribution is 6.54. The second-order valence-corrected chi connectivity index (χ2v) is 4.12. The van der Waals surface area contributed by atoms with Crippen LogP contribution in [0.4, 0.5) is 0 Å². The van der Waals surface area contributed by atoms with Gasteiger partial charge in [-0.3, -0.25) is 14.5 Å². The molecule has 0 atom stereocenters. The van der Waals surface area contributed by atoms with Crippen LogP contribution in [0.5, 0.6) is 0 Å². The predicted molar refractivity (Wildman–Crippen MR) is 68.6 cm³/mol. The van der Waals surface area contributed by atoms with Crippen LogP contribution in [0.25, 0.3) is 0 Å². The van der Waals surface area contributed by atoms with Crippen LogP contribution >= 0.6 is 0 Å². The molecule has 0 aromatic rings. The van der Waals surface area contributed by atoms with Gasteiger partial charge in [0.25, 0.3) is 0 Å². The maximum atomic E-state index is 11.4. The Morgan fingerprint density at radius 1 is 1.22 bits per heavy atom. The van der Waals surface area contributed by atoms with Gasteiger partial charge < -0.3 is 9.31 Å². The standard InChI is InChI=1S/C12H18BNO4/c1-3-4-5-6-7-8-13-17-11(15)9-14(2)10-12(16)18-13/h5-8H,3-4,9-10H2,1-2H3/b6-5+,8-7+. The van der Waals surface area contributed by atoms with Crippen LogP contribution in [0.15, 0.2) is 24.2 Å². The number of hydrogen-bond acceptors (Lipinski definition) is 5. The van der Waals surface area contributed by atoms with Gasteiger partial charge in [0.1, 0.15) is 0 Å². The molecule has 0 amide bonds. The number of carbonyl (C=O) groups excluding carboxylic acids is 2. The van der Waals surface area contributed by atoms with E-state index in [1.54, 1.807) is 24.0 Å². The van der Waals surface area contributed by atoms with E-state index in [0.29, 0.717) is 0 Å². The SMILES string of the molecule is CCC/C=C/C=C/B1OC(=O)CN(C)CC(=O)O1. The Hall–Kier alpha value is -1.56. The van der Waals surface area contributed by atoms with Crippen LogP contribution < -0.4 is 0 Å². The number of carbonyl (C=O) groups is 2. The molecule has 1 saturated heterocycles. The molecular weight excluding hydrogens is 233 g/mol. The third kappa shape index (κ3) is 5.68. The quantitative estimate of drug-likeness (QED) is 0.550. The first-order valence-electron chi connectivity index (χ1n) is 6.02. The highest BCUT2D eigenvalue weighted by Gasteiger charge is 2.28. The molecule has 1 aliphatic rings. The van der Waals surface area contributed by atoms with Crippen LogP contribution in [0.1, 0.15) is 19.8 Å². The van der Waals surface area contributed by atoms with E-state index >= 15 is 0 Å². The number of hydrogen-bond donors (Lipinski definition) is 0. The first-order chi connectivity index (χ1) is 8.61. The van der Waals surface area contributed by atoms with Crippen LogP contribution in [0.3, 0.4) is 0 Å². The topological polar surface area (TPSA) is 55.8 Å². The lowest BCUT2D eigenvalue weighted by Gasteiger charge is -2.20. The molecule has 1 fully saturated rings. The molecule has 5 nitrogen and oxygen atoms in total. The fourth-order valence-electron chi connectivity index (χ4n) is 1.43. The smallest absolute Gasteiger partial charge is 0.495 e. The first-order valence-corrected chi connectivity index (χ1v) is 6.02. The largest absolute Gasteiger partial charge is 0.628 e. The summed E-state index contributed by atoms with van der Waals surface area (Å²) in [6, 6.07) is 0. The molecule has 18 heavy (non-hydrogen) atoms. The van der Waals surface area contributed by atoms with E-state index in [2.05, 4.69) is 6.92 Å². The van der Waals surface area contributed by atoms with Gasteiger partial charge in [-0.25, -0.2) is 0 Å². The van der Waals surface area contributed by atoms with E-state index in [-0.39, 0.29) is 13.1 Å². The van der Waals surface area contributed by atoms with Gasteiger partial charge >= 0.3 is 19.1 Å². The second kappa shape index (κ2) is 7.71. The van der Waals surface area contributed by atoms with Crippen molar-refractivity contribution in [1.82, 2.24) is 4.90 Å². The Morgan fingerprint density at radius 2 is 1.83 bits per heavy atom. The van der Waals surface area contributed by atoms with E-state index in [1.807, 2.05) is 12.2 Å². The predicted octanol–water partition coefficient (Wildman–Crippen LogP) is 0.958. The Labute approximate surface area is 108 Å².